The van der Waals surface area contributed by atoms with E-state index < -0.39 is 5.76 Å². The molecule has 148 valence electrons. The topological polar surface area (TPSA) is 82.1 Å². The predicted octanol–water partition coefficient (Wildman–Crippen LogP) is 3.44. The molecule has 4 aromatic rings. The molecule has 0 saturated carbocycles. The number of carbonyl (C=O) groups is 1. The van der Waals surface area contributed by atoms with Gasteiger partial charge in [-0.2, -0.15) is 0 Å². The zero-order chi connectivity index (χ0) is 20.2. The molecular formula is C22H22N4O3. The third-order valence-corrected chi connectivity index (χ3v) is 4.93. The SMILES string of the molecule is C[C@H](NC(=O)CCCn1c(=O)oc2ccccc21)c1ccc(-n2ccnc2)cc1. The highest BCUT2D eigenvalue weighted by Gasteiger charge is 2.12. The molecule has 0 fully saturated rings. The van der Waals surface area contributed by atoms with E-state index in [0.29, 0.717) is 25.0 Å². The number of rotatable bonds is 7. The molecule has 0 aliphatic carbocycles. The van der Waals surface area contributed by atoms with Gasteiger partial charge in [-0.15, -0.1) is 0 Å². The van der Waals surface area contributed by atoms with E-state index >= 15 is 0 Å². The van der Waals surface area contributed by atoms with Crippen molar-refractivity contribution in [1.29, 1.82) is 0 Å². The van der Waals surface area contributed by atoms with Gasteiger partial charge in [0.2, 0.25) is 5.91 Å². The third kappa shape index (κ3) is 4.13. The minimum atomic E-state index is -0.391. The third-order valence-electron chi connectivity index (χ3n) is 4.93. The molecule has 0 aliphatic heterocycles. The van der Waals surface area contributed by atoms with Crippen molar-refractivity contribution < 1.29 is 9.21 Å². The second-order valence-corrected chi connectivity index (χ2v) is 6.94. The van der Waals surface area contributed by atoms with Crippen LogP contribution in [0, 0.1) is 0 Å². The Morgan fingerprint density at radius 3 is 2.72 bits per heavy atom. The highest BCUT2D eigenvalue weighted by Crippen LogP contribution is 2.16. The van der Waals surface area contributed by atoms with Crippen LogP contribution in [0.4, 0.5) is 0 Å². The van der Waals surface area contributed by atoms with E-state index in [9.17, 15) is 9.59 Å². The number of imidazole rings is 1. The van der Waals surface area contributed by atoms with Crippen LogP contribution in [0.3, 0.4) is 0 Å². The first-order chi connectivity index (χ1) is 14.1. The van der Waals surface area contributed by atoms with Crippen molar-refractivity contribution in [3.8, 4) is 5.69 Å². The van der Waals surface area contributed by atoms with Crippen LogP contribution in [0.1, 0.15) is 31.4 Å². The molecule has 4 rings (SSSR count). The highest BCUT2D eigenvalue weighted by atomic mass is 16.4. The van der Waals surface area contributed by atoms with E-state index in [0.717, 1.165) is 16.8 Å². The molecule has 0 bridgehead atoms. The minimum Gasteiger partial charge on any atom is -0.408 e. The van der Waals surface area contributed by atoms with Gasteiger partial charge in [0.1, 0.15) is 0 Å². The second kappa shape index (κ2) is 8.18. The van der Waals surface area contributed by atoms with Crippen LogP contribution in [-0.4, -0.2) is 20.0 Å². The van der Waals surface area contributed by atoms with Crippen LogP contribution in [0.2, 0.25) is 0 Å². The Morgan fingerprint density at radius 2 is 1.97 bits per heavy atom. The molecule has 0 unspecified atom stereocenters. The number of aryl methyl sites for hydroxylation is 1. The number of hydrogen-bond acceptors (Lipinski definition) is 4. The van der Waals surface area contributed by atoms with Crippen LogP contribution in [-0.2, 0) is 11.3 Å². The maximum atomic E-state index is 12.3. The molecule has 1 N–H and O–H groups in total. The van der Waals surface area contributed by atoms with Crippen LogP contribution in [0.15, 0.2) is 76.5 Å². The number of nitrogens with zero attached hydrogens (tertiary/aromatic N) is 3. The van der Waals surface area contributed by atoms with Gasteiger partial charge < -0.3 is 14.3 Å². The molecule has 0 saturated heterocycles. The number of benzene rings is 2. The Balaban J connectivity index is 1.31. The number of para-hydroxylation sites is 2. The van der Waals surface area contributed by atoms with Gasteiger partial charge in [0, 0.05) is 31.0 Å². The summed E-state index contributed by atoms with van der Waals surface area (Å²) in [7, 11) is 0. The van der Waals surface area contributed by atoms with Gasteiger partial charge in [-0.1, -0.05) is 24.3 Å². The van der Waals surface area contributed by atoms with Crippen molar-refractivity contribution in [3.63, 3.8) is 0 Å². The van der Waals surface area contributed by atoms with Crippen molar-refractivity contribution in [2.24, 2.45) is 0 Å². The molecule has 29 heavy (non-hydrogen) atoms. The summed E-state index contributed by atoms with van der Waals surface area (Å²) in [5.41, 5.74) is 3.36. The van der Waals surface area contributed by atoms with E-state index in [-0.39, 0.29) is 11.9 Å². The molecule has 0 radical (unpaired) electrons. The van der Waals surface area contributed by atoms with Gasteiger partial charge in [-0.3, -0.25) is 9.36 Å². The maximum Gasteiger partial charge on any atom is 0.419 e. The van der Waals surface area contributed by atoms with Crippen LogP contribution >= 0.6 is 0 Å². The Kier molecular flexibility index (Phi) is 5.29. The summed E-state index contributed by atoms with van der Waals surface area (Å²) >= 11 is 0. The molecule has 1 atom stereocenters. The van der Waals surface area contributed by atoms with Gasteiger partial charge in [0.05, 0.1) is 17.9 Å². The predicted molar refractivity (Wildman–Crippen MR) is 110 cm³/mol. The molecule has 2 aromatic carbocycles. The number of aromatic nitrogens is 3. The van der Waals surface area contributed by atoms with E-state index in [1.54, 1.807) is 23.2 Å². The standard InChI is InChI=1S/C22H22N4O3/c1-16(17-8-10-18(11-9-17)25-14-12-23-15-25)24-21(27)7-4-13-26-19-5-2-3-6-20(19)29-22(26)28/h2-3,5-6,8-12,14-16H,4,7,13H2,1H3,(H,24,27)/t16-/m0/s1. The zero-order valence-electron chi connectivity index (χ0n) is 16.1. The quantitative estimate of drug-likeness (QED) is 0.524. The molecule has 7 nitrogen and oxygen atoms in total. The van der Waals surface area contributed by atoms with Crippen molar-refractivity contribution in [1.82, 2.24) is 19.4 Å². The molecule has 0 spiro atoms. The number of fused-ring (bicyclic) bond motifs is 1. The summed E-state index contributed by atoms with van der Waals surface area (Å²) < 4.78 is 8.71. The van der Waals surface area contributed by atoms with Gasteiger partial charge in [-0.25, -0.2) is 9.78 Å². The van der Waals surface area contributed by atoms with Gasteiger partial charge in [0.15, 0.2) is 5.58 Å². The first-order valence-electron chi connectivity index (χ1n) is 9.58. The molecular weight excluding hydrogens is 368 g/mol. The van der Waals surface area contributed by atoms with Gasteiger partial charge >= 0.3 is 5.76 Å². The summed E-state index contributed by atoms with van der Waals surface area (Å²) in [5.74, 6) is -0.435. The number of amides is 1. The lowest BCUT2D eigenvalue weighted by Crippen LogP contribution is -2.27. The summed E-state index contributed by atoms with van der Waals surface area (Å²) in [4.78, 5) is 28.3. The molecule has 2 heterocycles. The highest BCUT2D eigenvalue weighted by molar-refractivity contribution is 5.76. The summed E-state index contributed by atoms with van der Waals surface area (Å²) in [6.07, 6.45) is 6.26. The fraction of sp³-hybridized carbons (Fsp3) is 0.227. The smallest absolute Gasteiger partial charge is 0.408 e. The first kappa shape index (κ1) is 18.7. The van der Waals surface area contributed by atoms with Crippen molar-refractivity contribution in [3.05, 3.63) is 83.4 Å². The van der Waals surface area contributed by atoms with Crippen LogP contribution < -0.4 is 11.1 Å². The second-order valence-electron chi connectivity index (χ2n) is 6.94. The normalized spacial score (nSPS) is 12.2. The number of oxazole rings is 1. The molecule has 2 aromatic heterocycles. The zero-order valence-corrected chi connectivity index (χ0v) is 16.1. The Hall–Kier alpha value is -3.61. The Labute approximate surface area is 167 Å². The Morgan fingerprint density at radius 1 is 1.17 bits per heavy atom. The number of carbonyl (C=O) groups excluding carboxylic acids is 1. The lowest BCUT2D eigenvalue weighted by Gasteiger charge is -2.15. The van der Waals surface area contributed by atoms with E-state index in [1.165, 1.54) is 0 Å². The minimum absolute atomic E-state index is 0.0444. The maximum absolute atomic E-state index is 12.3. The lowest BCUT2D eigenvalue weighted by molar-refractivity contribution is -0.121. The van der Waals surface area contributed by atoms with Crippen molar-refractivity contribution >= 4 is 17.0 Å². The summed E-state index contributed by atoms with van der Waals surface area (Å²) in [6, 6.07) is 15.2. The summed E-state index contributed by atoms with van der Waals surface area (Å²) in [6.45, 7) is 2.40. The average Bonchev–Trinajstić information content (AvgIpc) is 3.36. The van der Waals surface area contributed by atoms with Crippen LogP contribution in [0.5, 0.6) is 0 Å². The number of hydrogen-bond donors (Lipinski definition) is 1. The molecule has 1 amide bonds. The first-order valence-corrected chi connectivity index (χ1v) is 9.58. The van der Waals surface area contributed by atoms with E-state index in [1.807, 2.05) is 60.2 Å². The number of nitrogens with one attached hydrogen (secondary N) is 1. The van der Waals surface area contributed by atoms with Gasteiger partial charge in [0.25, 0.3) is 0 Å². The van der Waals surface area contributed by atoms with Crippen LogP contribution in [0.25, 0.3) is 16.8 Å². The van der Waals surface area contributed by atoms with E-state index in [4.69, 9.17) is 4.42 Å². The monoisotopic (exact) mass is 390 g/mol. The van der Waals surface area contributed by atoms with E-state index in [2.05, 4.69) is 10.3 Å². The summed E-state index contributed by atoms with van der Waals surface area (Å²) in [5, 5.41) is 3.01. The Bertz CT molecular complexity index is 1160. The fourth-order valence-electron chi connectivity index (χ4n) is 3.37. The molecule has 7 heteroatoms. The van der Waals surface area contributed by atoms with Crippen molar-refractivity contribution in [2.45, 2.75) is 32.4 Å². The van der Waals surface area contributed by atoms with Gasteiger partial charge in [-0.05, 0) is 43.2 Å². The lowest BCUT2D eigenvalue weighted by atomic mass is 10.1. The molecule has 0 aliphatic rings. The largest absolute Gasteiger partial charge is 0.419 e. The average molecular weight is 390 g/mol. The van der Waals surface area contributed by atoms with Crippen molar-refractivity contribution in [2.75, 3.05) is 0 Å². The fourth-order valence-corrected chi connectivity index (χ4v) is 3.37.